The summed E-state index contributed by atoms with van der Waals surface area (Å²) < 4.78 is 0. The van der Waals surface area contributed by atoms with Crippen LogP contribution in [0.3, 0.4) is 0 Å². The number of carbonyl (C=O) groups is 2. The Bertz CT molecular complexity index is 640. The molecular formula is C19H28ClN3O2S. The highest BCUT2D eigenvalue weighted by Crippen LogP contribution is 2.37. The van der Waals surface area contributed by atoms with Crippen molar-refractivity contribution in [1.29, 1.82) is 0 Å². The molecule has 0 radical (unpaired) electrons. The summed E-state index contributed by atoms with van der Waals surface area (Å²) in [5.74, 6) is 1.37. The zero-order chi connectivity index (χ0) is 18.0. The smallest absolute Gasteiger partial charge is 0.235 e. The summed E-state index contributed by atoms with van der Waals surface area (Å²) in [6.07, 6.45) is 2.22. The van der Waals surface area contributed by atoms with Crippen LogP contribution in [0.15, 0.2) is 24.3 Å². The number of amides is 2. The van der Waals surface area contributed by atoms with Crippen LogP contribution in [0.5, 0.6) is 0 Å². The number of carbonyl (C=O) groups excluding carboxylic acids is 2. The van der Waals surface area contributed by atoms with Crippen LogP contribution in [0.2, 0.25) is 0 Å². The van der Waals surface area contributed by atoms with Gasteiger partial charge in [-0.3, -0.25) is 9.59 Å². The van der Waals surface area contributed by atoms with Crippen LogP contribution in [-0.2, 0) is 9.59 Å². The highest BCUT2D eigenvalue weighted by atomic mass is 35.5. The van der Waals surface area contributed by atoms with E-state index >= 15 is 0 Å². The van der Waals surface area contributed by atoms with Crippen LogP contribution in [0.1, 0.15) is 25.3 Å². The van der Waals surface area contributed by atoms with Gasteiger partial charge in [-0.15, -0.1) is 24.2 Å². The number of nitrogens with zero attached hydrogens (tertiary/aromatic N) is 1. The first-order valence-electron chi connectivity index (χ1n) is 8.96. The molecule has 2 fully saturated rings. The molecule has 0 aromatic heterocycles. The van der Waals surface area contributed by atoms with Crippen molar-refractivity contribution in [2.75, 3.05) is 24.2 Å². The highest BCUT2D eigenvalue weighted by Gasteiger charge is 2.43. The van der Waals surface area contributed by atoms with Gasteiger partial charge in [-0.25, -0.2) is 0 Å². The average Bonchev–Trinajstić information content (AvgIpc) is 3.16. The molecular weight excluding hydrogens is 370 g/mol. The molecule has 0 spiro atoms. The number of hydrogen-bond acceptors (Lipinski definition) is 4. The summed E-state index contributed by atoms with van der Waals surface area (Å²) in [4.78, 5) is 26.6. The second kappa shape index (κ2) is 9.11. The minimum Gasteiger partial charge on any atom is -0.341 e. The van der Waals surface area contributed by atoms with Gasteiger partial charge in [0.2, 0.25) is 11.8 Å². The summed E-state index contributed by atoms with van der Waals surface area (Å²) in [6, 6.07) is 7.94. The van der Waals surface area contributed by atoms with Crippen molar-refractivity contribution in [3.05, 3.63) is 29.8 Å². The minimum atomic E-state index is -0.209. The Balaban J connectivity index is 0.00000243. The van der Waals surface area contributed by atoms with E-state index in [9.17, 15) is 9.59 Å². The summed E-state index contributed by atoms with van der Waals surface area (Å²) >= 11 is 1.40. The minimum absolute atomic E-state index is 0. The summed E-state index contributed by atoms with van der Waals surface area (Å²) in [6.45, 7) is 5.51. The first-order chi connectivity index (χ1) is 11.9. The van der Waals surface area contributed by atoms with Gasteiger partial charge in [-0.2, -0.15) is 0 Å². The van der Waals surface area contributed by atoms with Gasteiger partial charge in [0.1, 0.15) is 0 Å². The highest BCUT2D eigenvalue weighted by molar-refractivity contribution is 8.01. The quantitative estimate of drug-likeness (QED) is 0.800. The van der Waals surface area contributed by atoms with Crippen LogP contribution in [0.4, 0.5) is 5.69 Å². The largest absolute Gasteiger partial charge is 0.341 e. The maximum Gasteiger partial charge on any atom is 0.235 e. The fraction of sp³-hybridized carbons (Fsp3) is 0.579. The van der Waals surface area contributed by atoms with Crippen molar-refractivity contribution in [3.8, 4) is 0 Å². The number of nitrogens with one attached hydrogen (secondary N) is 1. The lowest BCUT2D eigenvalue weighted by Crippen LogP contribution is -2.37. The zero-order valence-corrected chi connectivity index (χ0v) is 16.9. The average molecular weight is 398 g/mol. The van der Waals surface area contributed by atoms with Crippen molar-refractivity contribution < 1.29 is 9.59 Å². The predicted octanol–water partition coefficient (Wildman–Crippen LogP) is 2.67. The molecule has 7 heteroatoms. The van der Waals surface area contributed by atoms with Crippen LogP contribution < -0.4 is 11.1 Å². The lowest BCUT2D eigenvalue weighted by Gasteiger charge is -2.22. The number of likely N-dealkylation sites (tertiary alicyclic amines) is 1. The van der Waals surface area contributed by atoms with Gasteiger partial charge in [0.25, 0.3) is 0 Å². The van der Waals surface area contributed by atoms with Crippen LogP contribution in [0.25, 0.3) is 0 Å². The molecule has 1 aromatic carbocycles. The van der Waals surface area contributed by atoms with Gasteiger partial charge in [-0.05, 0) is 50.7 Å². The number of thioether (sulfide) groups is 1. The second-order valence-electron chi connectivity index (χ2n) is 7.28. The standard InChI is InChI=1S/C19H27N3O2S.ClH/c1-12-3-6-15(7-4-12)21-18(23)11-25-13(2)19(24)22-9-14-5-8-17(20)16(14)10-22;/h3-4,6-7,13-14,16-17H,5,8-11,20H2,1-2H3,(H,21,23);1H. The Labute approximate surface area is 165 Å². The molecule has 2 amide bonds. The number of aryl methyl sites for hydroxylation is 1. The number of rotatable bonds is 5. The van der Waals surface area contributed by atoms with Gasteiger partial charge in [0, 0.05) is 24.8 Å². The van der Waals surface area contributed by atoms with E-state index in [1.165, 1.54) is 11.8 Å². The molecule has 4 atom stereocenters. The Morgan fingerprint density at radius 3 is 2.62 bits per heavy atom. The molecule has 3 rings (SSSR count). The monoisotopic (exact) mass is 397 g/mol. The third-order valence-corrected chi connectivity index (χ3v) is 6.50. The molecule has 26 heavy (non-hydrogen) atoms. The fourth-order valence-corrected chi connectivity index (χ4v) is 4.62. The summed E-state index contributed by atoms with van der Waals surface area (Å²) in [7, 11) is 0. The van der Waals surface area contributed by atoms with E-state index in [0.717, 1.165) is 37.2 Å². The topological polar surface area (TPSA) is 75.4 Å². The SMILES string of the molecule is Cc1ccc(NC(=O)CSC(C)C(=O)N2CC3CCC(N)C3C2)cc1.Cl. The molecule has 1 aromatic rings. The molecule has 5 nitrogen and oxygen atoms in total. The normalized spacial score (nSPS) is 25.3. The van der Waals surface area contributed by atoms with Crippen LogP contribution in [0, 0.1) is 18.8 Å². The molecule has 1 saturated carbocycles. The first-order valence-corrected chi connectivity index (χ1v) is 10.0. The second-order valence-corrected chi connectivity index (χ2v) is 8.60. The van der Waals surface area contributed by atoms with E-state index in [0.29, 0.717) is 11.8 Å². The maximum absolute atomic E-state index is 12.6. The van der Waals surface area contributed by atoms with E-state index < -0.39 is 0 Å². The summed E-state index contributed by atoms with van der Waals surface area (Å²) in [5.41, 5.74) is 8.09. The molecule has 144 valence electrons. The van der Waals surface area contributed by atoms with Crippen molar-refractivity contribution in [2.45, 2.75) is 38.0 Å². The zero-order valence-electron chi connectivity index (χ0n) is 15.3. The molecule has 1 aliphatic heterocycles. The fourth-order valence-electron chi connectivity index (χ4n) is 3.85. The number of halogens is 1. The molecule has 4 unspecified atom stereocenters. The van der Waals surface area contributed by atoms with E-state index in [1.54, 1.807) is 0 Å². The van der Waals surface area contributed by atoms with Gasteiger partial charge in [0.15, 0.2) is 0 Å². The third-order valence-electron chi connectivity index (χ3n) is 5.37. The molecule has 0 bridgehead atoms. The van der Waals surface area contributed by atoms with E-state index in [1.807, 2.05) is 43.0 Å². The number of fused-ring (bicyclic) bond motifs is 1. The van der Waals surface area contributed by atoms with Gasteiger partial charge in [-0.1, -0.05) is 17.7 Å². The van der Waals surface area contributed by atoms with Crippen LogP contribution >= 0.6 is 24.2 Å². The first kappa shape index (κ1) is 21.1. The van der Waals surface area contributed by atoms with E-state index in [-0.39, 0.29) is 41.3 Å². The Morgan fingerprint density at radius 1 is 1.27 bits per heavy atom. The van der Waals surface area contributed by atoms with Gasteiger partial charge in [0.05, 0.1) is 11.0 Å². The predicted molar refractivity (Wildman–Crippen MR) is 110 cm³/mol. The van der Waals surface area contributed by atoms with Crippen molar-refractivity contribution in [1.82, 2.24) is 4.90 Å². The van der Waals surface area contributed by atoms with Gasteiger partial charge >= 0.3 is 0 Å². The molecule has 1 heterocycles. The van der Waals surface area contributed by atoms with Crippen LogP contribution in [-0.4, -0.2) is 46.8 Å². The molecule has 2 aliphatic rings. The maximum atomic E-state index is 12.6. The molecule has 3 N–H and O–H groups in total. The lowest BCUT2D eigenvalue weighted by molar-refractivity contribution is -0.129. The number of nitrogens with two attached hydrogens (primary N) is 1. The Kier molecular flexibility index (Phi) is 7.38. The van der Waals surface area contributed by atoms with Crippen molar-refractivity contribution in [2.24, 2.45) is 17.6 Å². The van der Waals surface area contributed by atoms with E-state index in [4.69, 9.17) is 5.73 Å². The lowest BCUT2D eigenvalue weighted by atomic mass is 9.98. The van der Waals surface area contributed by atoms with Gasteiger partial charge < -0.3 is 16.0 Å². The summed E-state index contributed by atoms with van der Waals surface area (Å²) in [5, 5.41) is 2.66. The number of anilines is 1. The number of benzene rings is 1. The van der Waals surface area contributed by atoms with Crippen molar-refractivity contribution in [3.63, 3.8) is 0 Å². The Hall–Kier alpha value is -1.24. The third kappa shape index (κ3) is 4.93. The molecule has 1 saturated heterocycles. The van der Waals surface area contributed by atoms with Crippen molar-refractivity contribution >= 4 is 41.7 Å². The van der Waals surface area contributed by atoms with E-state index in [2.05, 4.69) is 5.32 Å². The Morgan fingerprint density at radius 2 is 1.96 bits per heavy atom. The number of hydrogen-bond donors (Lipinski definition) is 2. The molecule has 1 aliphatic carbocycles.